The van der Waals surface area contributed by atoms with Gasteiger partial charge in [0.15, 0.2) is 5.82 Å². The van der Waals surface area contributed by atoms with Crippen molar-refractivity contribution in [3.8, 4) is 22.7 Å². The number of para-hydroxylation sites is 1. The van der Waals surface area contributed by atoms with Gasteiger partial charge in [0.1, 0.15) is 23.9 Å². The summed E-state index contributed by atoms with van der Waals surface area (Å²) >= 11 is 7.52. The van der Waals surface area contributed by atoms with Gasteiger partial charge in [0.25, 0.3) is 5.56 Å². The molecule has 0 radical (unpaired) electrons. The van der Waals surface area contributed by atoms with E-state index < -0.39 is 0 Å². The van der Waals surface area contributed by atoms with Gasteiger partial charge < -0.3 is 4.74 Å². The monoisotopic (exact) mass is 631 g/mol. The molecule has 220 valence electrons. The van der Waals surface area contributed by atoms with Crippen molar-refractivity contribution in [1.82, 2.24) is 24.4 Å². The van der Waals surface area contributed by atoms with Gasteiger partial charge in [0, 0.05) is 27.9 Å². The van der Waals surface area contributed by atoms with E-state index in [0.29, 0.717) is 38.4 Å². The summed E-state index contributed by atoms with van der Waals surface area (Å²) in [5.74, 6) is 0.785. The van der Waals surface area contributed by atoms with Gasteiger partial charge in [0.2, 0.25) is 4.96 Å². The van der Waals surface area contributed by atoms with Crippen LogP contribution in [0, 0.1) is 5.82 Å². The molecule has 3 heterocycles. The second-order valence-corrected chi connectivity index (χ2v) is 11.5. The first-order valence-electron chi connectivity index (χ1n) is 14.0. The van der Waals surface area contributed by atoms with Gasteiger partial charge in [-0.1, -0.05) is 77.5 Å². The van der Waals surface area contributed by atoms with Crippen molar-refractivity contribution in [2.45, 2.75) is 6.61 Å². The first-order valence-corrected chi connectivity index (χ1v) is 15.2. The number of ether oxygens (including phenoxy) is 1. The highest BCUT2D eigenvalue weighted by atomic mass is 35.5. The zero-order chi connectivity index (χ0) is 30.8. The Kier molecular flexibility index (Phi) is 7.77. The van der Waals surface area contributed by atoms with E-state index in [2.05, 4.69) is 10.1 Å². The highest BCUT2D eigenvalue weighted by molar-refractivity contribution is 7.15. The van der Waals surface area contributed by atoms with Crippen molar-refractivity contribution in [2.24, 2.45) is 0 Å². The molecule has 0 spiro atoms. The summed E-state index contributed by atoms with van der Waals surface area (Å²) in [5, 5.41) is 9.92. The fraction of sp³-hybridized carbons (Fsp3) is 0.0286. The average Bonchev–Trinajstić information content (AvgIpc) is 3.75. The molecule has 0 aliphatic heterocycles. The number of nitrogens with zero attached hydrogens (tertiary/aromatic N) is 5. The number of thiazole rings is 1. The molecule has 45 heavy (non-hydrogen) atoms. The van der Waals surface area contributed by atoms with Crippen molar-refractivity contribution in [2.75, 3.05) is 0 Å². The van der Waals surface area contributed by atoms with Crippen molar-refractivity contribution in [3.05, 3.63) is 158 Å². The Morgan fingerprint density at radius 1 is 0.867 bits per heavy atom. The largest absolute Gasteiger partial charge is 0.489 e. The lowest BCUT2D eigenvalue weighted by atomic mass is 10.1. The first kappa shape index (κ1) is 28.4. The Hall–Kier alpha value is -5.38. The number of hydrogen-bond acceptors (Lipinski definition) is 6. The number of rotatable bonds is 8. The molecule has 0 atom stereocenters. The molecule has 0 saturated heterocycles. The molecule has 0 fully saturated rings. The van der Waals surface area contributed by atoms with Gasteiger partial charge in [-0.2, -0.15) is 14.6 Å². The van der Waals surface area contributed by atoms with E-state index >= 15 is 0 Å². The number of aromatic nitrogens is 5. The van der Waals surface area contributed by atoms with Gasteiger partial charge in [-0.15, -0.1) is 5.10 Å². The lowest BCUT2D eigenvalue weighted by Gasteiger charge is -2.08. The van der Waals surface area contributed by atoms with E-state index in [0.717, 1.165) is 27.9 Å². The molecule has 0 amide bonds. The van der Waals surface area contributed by atoms with Crippen molar-refractivity contribution < 1.29 is 9.13 Å². The van der Waals surface area contributed by atoms with Crippen molar-refractivity contribution in [3.63, 3.8) is 0 Å². The number of hydrogen-bond donors (Lipinski definition) is 0. The molecule has 7 aromatic rings. The summed E-state index contributed by atoms with van der Waals surface area (Å²) in [5.41, 5.74) is 4.66. The third-order valence-corrected chi connectivity index (χ3v) is 8.35. The molecule has 0 aliphatic rings. The molecule has 7 rings (SSSR count). The van der Waals surface area contributed by atoms with Crippen LogP contribution in [0.2, 0.25) is 5.02 Å². The predicted octanol–water partition coefficient (Wildman–Crippen LogP) is 7.09. The van der Waals surface area contributed by atoms with Crippen LogP contribution in [0.5, 0.6) is 5.75 Å². The standard InChI is InChI=1S/C35H23ClFN5O2S/c36-30-9-5-4-6-25(30)22-44-29-17-13-24(14-18-29)33-26(21-41(40-33)28-7-2-1-3-8-28)20-31-34(43)42-35(45-31)38-32(39-42)19-12-23-10-15-27(37)16-11-23/h1-21H,22H2/b19-12+,31-20-. The van der Waals surface area contributed by atoms with Gasteiger partial charge in [-0.3, -0.25) is 4.79 Å². The van der Waals surface area contributed by atoms with Crippen LogP contribution in [-0.4, -0.2) is 24.4 Å². The first-order chi connectivity index (χ1) is 22.0. The van der Waals surface area contributed by atoms with E-state index in [1.807, 2.05) is 91.1 Å². The predicted molar refractivity (Wildman–Crippen MR) is 176 cm³/mol. The van der Waals surface area contributed by atoms with Crippen molar-refractivity contribution in [1.29, 1.82) is 0 Å². The Morgan fingerprint density at radius 3 is 2.38 bits per heavy atom. The summed E-state index contributed by atoms with van der Waals surface area (Å²) in [6.45, 7) is 0.352. The third-order valence-electron chi connectivity index (χ3n) is 7.02. The van der Waals surface area contributed by atoms with Crippen LogP contribution in [0.3, 0.4) is 0 Å². The minimum atomic E-state index is -0.305. The van der Waals surface area contributed by atoms with Crippen LogP contribution < -0.4 is 14.8 Å². The van der Waals surface area contributed by atoms with Gasteiger partial charge in [-0.05, 0) is 72.3 Å². The van der Waals surface area contributed by atoms with E-state index in [-0.39, 0.29) is 11.4 Å². The van der Waals surface area contributed by atoms with Crippen LogP contribution in [0.1, 0.15) is 22.5 Å². The van der Waals surface area contributed by atoms with Crippen LogP contribution in [0.25, 0.3) is 40.1 Å². The Morgan fingerprint density at radius 2 is 1.62 bits per heavy atom. The summed E-state index contributed by atoms with van der Waals surface area (Å²) in [4.78, 5) is 18.3. The summed E-state index contributed by atoms with van der Waals surface area (Å²) in [6.07, 6.45) is 7.19. The summed E-state index contributed by atoms with van der Waals surface area (Å²) < 4.78 is 22.7. The zero-order valence-electron chi connectivity index (χ0n) is 23.5. The molecular formula is C35H23ClFN5O2S. The van der Waals surface area contributed by atoms with Crippen LogP contribution in [0.15, 0.2) is 114 Å². The van der Waals surface area contributed by atoms with E-state index in [1.165, 1.54) is 28.0 Å². The summed E-state index contributed by atoms with van der Waals surface area (Å²) in [7, 11) is 0. The molecule has 0 bridgehead atoms. The topological polar surface area (TPSA) is 74.3 Å². The molecule has 3 aromatic heterocycles. The van der Waals surface area contributed by atoms with E-state index in [9.17, 15) is 9.18 Å². The van der Waals surface area contributed by atoms with Crippen LogP contribution in [-0.2, 0) is 6.61 Å². The molecule has 0 N–H and O–H groups in total. The SMILES string of the molecule is O=c1/c(=C/c2cn(-c3ccccc3)nc2-c2ccc(OCc3ccccc3Cl)cc2)sc2nc(/C=C/c3ccc(F)cc3)nn12. The number of fused-ring (bicyclic) bond motifs is 1. The maximum absolute atomic E-state index is 13.4. The fourth-order valence-corrected chi connectivity index (χ4v) is 5.82. The van der Waals surface area contributed by atoms with Gasteiger partial charge in [0.05, 0.1) is 10.2 Å². The van der Waals surface area contributed by atoms with Crippen molar-refractivity contribution >= 4 is 46.1 Å². The van der Waals surface area contributed by atoms with Crippen LogP contribution >= 0.6 is 22.9 Å². The quantitative estimate of drug-likeness (QED) is 0.179. The number of halogens is 2. The van der Waals surface area contributed by atoms with E-state index in [1.54, 1.807) is 29.0 Å². The summed E-state index contributed by atoms with van der Waals surface area (Å²) in [6, 6.07) is 31.1. The lowest BCUT2D eigenvalue weighted by Crippen LogP contribution is -2.23. The normalized spacial score (nSPS) is 12.0. The lowest BCUT2D eigenvalue weighted by molar-refractivity contribution is 0.306. The molecule has 0 saturated carbocycles. The molecular weight excluding hydrogens is 609 g/mol. The van der Waals surface area contributed by atoms with E-state index in [4.69, 9.17) is 21.4 Å². The zero-order valence-corrected chi connectivity index (χ0v) is 25.1. The second kappa shape index (κ2) is 12.3. The van der Waals surface area contributed by atoms with Gasteiger partial charge in [-0.25, -0.2) is 9.07 Å². The van der Waals surface area contributed by atoms with Gasteiger partial charge >= 0.3 is 0 Å². The molecule has 10 heteroatoms. The average molecular weight is 632 g/mol. The second-order valence-electron chi connectivity index (χ2n) is 10.1. The molecule has 7 nitrogen and oxygen atoms in total. The Bertz CT molecular complexity index is 2260. The smallest absolute Gasteiger partial charge is 0.291 e. The molecule has 0 unspecified atom stereocenters. The Balaban J connectivity index is 1.20. The third kappa shape index (κ3) is 6.17. The molecule has 0 aliphatic carbocycles. The maximum atomic E-state index is 13.4. The fourth-order valence-electron chi connectivity index (χ4n) is 4.72. The maximum Gasteiger partial charge on any atom is 0.291 e. The minimum absolute atomic E-state index is 0.273. The highest BCUT2D eigenvalue weighted by Gasteiger charge is 2.14. The Labute approximate surface area is 265 Å². The minimum Gasteiger partial charge on any atom is -0.489 e. The van der Waals surface area contributed by atoms with Crippen LogP contribution in [0.4, 0.5) is 4.39 Å². The molecule has 4 aromatic carbocycles. The number of benzene rings is 4. The highest BCUT2D eigenvalue weighted by Crippen LogP contribution is 2.27.